The Labute approximate surface area is 97.0 Å². The van der Waals surface area contributed by atoms with Crippen LogP contribution in [0.2, 0.25) is 0 Å². The SMILES string of the molecule is CCc1nnc(CN2CCCCCCC2)o1. The van der Waals surface area contributed by atoms with Gasteiger partial charge in [-0.15, -0.1) is 10.2 Å². The lowest BCUT2D eigenvalue weighted by atomic mass is 10.1. The second-order valence-corrected chi connectivity index (χ2v) is 4.49. The molecule has 0 bridgehead atoms. The Bertz CT molecular complexity index is 303. The lowest BCUT2D eigenvalue weighted by Crippen LogP contribution is -2.27. The first-order chi connectivity index (χ1) is 7.88. The van der Waals surface area contributed by atoms with Gasteiger partial charge in [-0.25, -0.2) is 0 Å². The van der Waals surface area contributed by atoms with E-state index in [0.29, 0.717) is 0 Å². The van der Waals surface area contributed by atoms with E-state index < -0.39 is 0 Å². The van der Waals surface area contributed by atoms with Gasteiger partial charge in [-0.1, -0.05) is 26.2 Å². The van der Waals surface area contributed by atoms with Crippen molar-refractivity contribution in [2.24, 2.45) is 0 Å². The molecule has 1 saturated heterocycles. The topological polar surface area (TPSA) is 42.2 Å². The Hall–Kier alpha value is -0.900. The van der Waals surface area contributed by atoms with Gasteiger partial charge >= 0.3 is 0 Å². The molecule has 90 valence electrons. The fraction of sp³-hybridized carbons (Fsp3) is 0.833. The fourth-order valence-corrected chi connectivity index (χ4v) is 2.16. The van der Waals surface area contributed by atoms with Crippen molar-refractivity contribution in [2.75, 3.05) is 13.1 Å². The van der Waals surface area contributed by atoms with E-state index in [2.05, 4.69) is 15.1 Å². The van der Waals surface area contributed by atoms with Crippen molar-refractivity contribution in [2.45, 2.75) is 52.0 Å². The van der Waals surface area contributed by atoms with Crippen LogP contribution in [0.3, 0.4) is 0 Å². The summed E-state index contributed by atoms with van der Waals surface area (Å²) in [6.45, 7) is 5.20. The van der Waals surface area contributed by atoms with Crippen LogP contribution < -0.4 is 0 Å². The van der Waals surface area contributed by atoms with Crippen molar-refractivity contribution >= 4 is 0 Å². The van der Waals surface area contributed by atoms with E-state index >= 15 is 0 Å². The second kappa shape index (κ2) is 5.99. The van der Waals surface area contributed by atoms with Crippen molar-refractivity contribution < 1.29 is 4.42 Å². The molecular weight excluding hydrogens is 202 g/mol. The Morgan fingerprint density at radius 2 is 1.62 bits per heavy atom. The van der Waals surface area contributed by atoms with Crippen LogP contribution in [-0.2, 0) is 13.0 Å². The van der Waals surface area contributed by atoms with Crippen LogP contribution in [-0.4, -0.2) is 28.2 Å². The van der Waals surface area contributed by atoms with E-state index in [-0.39, 0.29) is 0 Å². The zero-order chi connectivity index (χ0) is 11.2. The third kappa shape index (κ3) is 3.30. The maximum absolute atomic E-state index is 5.54. The normalized spacial score (nSPS) is 19.3. The van der Waals surface area contributed by atoms with Gasteiger partial charge in [-0.05, 0) is 25.9 Å². The molecule has 2 rings (SSSR count). The molecule has 1 aliphatic rings. The van der Waals surface area contributed by atoms with Gasteiger partial charge in [0.25, 0.3) is 0 Å². The maximum Gasteiger partial charge on any atom is 0.230 e. The molecule has 0 aromatic carbocycles. The van der Waals surface area contributed by atoms with Crippen LogP contribution in [0.25, 0.3) is 0 Å². The standard InChI is InChI=1S/C12H21N3O/c1-2-11-13-14-12(16-11)10-15-8-6-4-3-5-7-9-15/h2-10H2,1H3. The van der Waals surface area contributed by atoms with Gasteiger partial charge in [0, 0.05) is 6.42 Å². The molecule has 0 radical (unpaired) electrons. The Morgan fingerprint density at radius 3 is 2.25 bits per heavy atom. The smallest absolute Gasteiger partial charge is 0.230 e. The molecule has 0 spiro atoms. The zero-order valence-corrected chi connectivity index (χ0v) is 10.1. The van der Waals surface area contributed by atoms with Crippen molar-refractivity contribution in [1.82, 2.24) is 15.1 Å². The van der Waals surface area contributed by atoms with Crippen LogP contribution in [0.5, 0.6) is 0 Å². The van der Waals surface area contributed by atoms with E-state index in [4.69, 9.17) is 4.42 Å². The first kappa shape index (κ1) is 11.6. The molecule has 0 atom stereocenters. The van der Waals surface area contributed by atoms with Gasteiger partial charge in [0.15, 0.2) is 0 Å². The molecule has 1 aromatic heterocycles. The van der Waals surface area contributed by atoms with Gasteiger partial charge in [0.05, 0.1) is 6.54 Å². The molecule has 0 N–H and O–H groups in total. The first-order valence-electron chi connectivity index (χ1n) is 6.42. The number of hydrogen-bond donors (Lipinski definition) is 0. The van der Waals surface area contributed by atoms with E-state index in [9.17, 15) is 0 Å². The summed E-state index contributed by atoms with van der Waals surface area (Å²) in [6.07, 6.45) is 7.55. The van der Waals surface area contributed by atoms with Crippen molar-refractivity contribution in [1.29, 1.82) is 0 Å². The average Bonchev–Trinajstić information content (AvgIpc) is 2.69. The highest BCUT2D eigenvalue weighted by Crippen LogP contribution is 2.13. The predicted octanol–water partition coefficient (Wildman–Crippen LogP) is 2.40. The molecule has 16 heavy (non-hydrogen) atoms. The van der Waals surface area contributed by atoms with Crippen LogP contribution in [0.1, 0.15) is 50.8 Å². The highest BCUT2D eigenvalue weighted by Gasteiger charge is 2.12. The predicted molar refractivity (Wildman–Crippen MR) is 62.0 cm³/mol. The summed E-state index contributed by atoms with van der Waals surface area (Å²) in [5, 5.41) is 8.08. The highest BCUT2D eigenvalue weighted by molar-refractivity contribution is 4.81. The van der Waals surface area contributed by atoms with Crippen LogP contribution in [0, 0.1) is 0 Å². The van der Waals surface area contributed by atoms with Gasteiger partial charge in [0.1, 0.15) is 0 Å². The molecule has 4 heteroatoms. The number of aryl methyl sites for hydroxylation is 1. The van der Waals surface area contributed by atoms with Crippen LogP contribution in [0.4, 0.5) is 0 Å². The third-order valence-corrected chi connectivity index (χ3v) is 3.12. The summed E-state index contributed by atoms with van der Waals surface area (Å²) in [7, 11) is 0. The fourth-order valence-electron chi connectivity index (χ4n) is 2.16. The van der Waals surface area contributed by atoms with Crippen LogP contribution >= 0.6 is 0 Å². The van der Waals surface area contributed by atoms with Crippen LogP contribution in [0.15, 0.2) is 4.42 Å². The number of aromatic nitrogens is 2. The molecule has 4 nitrogen and oxygen atoms in total. The average molecular weight is 223 g/mol. The lowest BCUT2D eigenvalue weighted by Gasteiger charge is -2.22. The molecule has 0 amide bonds. The van der Waals surface area contributed by atoms with Crippen molar-refractivity contribution in [3.63, 3.8) is 0 Å². The molecule has 1 aromatic rings. The Balaban J connectivity index is 1.86. The molecule has 1 fully saturated rings. The second-order valence-electron chi connectivity index (χ2n) is 4.49. The largest absolute Gasteiger partial charge is 0.424 e. The van der Waals surface area contributed by atoms with Gasteiger partial charge < -0.3 is 4.42 Å². The highest BCUT2D eigenvalue weighted by atomic mass is 16.4. The number of hydrogen-bond acceptors (Lipinski definition) is 4. The summed E-state index contributed by atoms with van der Waals surface area (Å²) in [5.41, 5.74) is 0. The maximum atomic E-state index is 5.54. The van der Waals surface area contributed by atoms with E-state index in [1.807, 2.05) is 6.92 Å². The molecule has 0 unspecified atom stereocenters. The minimum Gasteiger partial charge on any atom is -0.424 e. The number of rotatable bonds is 3. The van der Waals surface area contributed by atoms with E-state index in [1.165, 1.54) is 45.2 Å². The summed E-state index contributed by atoms with van der Waals surface area (Å²) < 4.78 is 5.54. The lowest BCUT2D eigenvalue weighted by molar-refractivity contribution is 0.216. The number of likely N-dealkylation sites (tertiary alicyclic amines) is 1. The quantitative estimate of drug-likeness (QED) is 0.789. The first-order valence-corrected chi connectivity index (χ1v) is 6.42. The summed E-state index contributed by atoms with van der Waals surface area (Å²) in [5.74, 6) is 1.53. The molecule has 1 aliphatic heterocycles. The molecular formula is C12H21N3O. The summed E-state index contributed by atoms with van der Waals surface area (Å²) in [4.78, 5) is 2.44. The Kier molecular flexibility index (Phi) is 4.34. The van der Waals surface area contributed by atoms with E-state index in [1.54, 1.807) is 0 Å². The zero-order valence-electron chi connectivity index (χ0n) is 10.1. The molecule has 0 saturated carbocycles. The van der Waals surface area contributed by atoms with Gasteiger partial charge in [-0.3, -0.25) is 4.90 Å². The minimum absolute atomic E-state index is 0.752. The third-order valence-electron chi connectivity index (χ3n) is 3.12. The number of nitrogens with zero attached hydrogens (tertiary/aromatic N) is 3. The summed E-state index contributed by atoms with van der Waals surface area (Å²) >= 11 is 0. The minimum atomic E-state index is 0.752. The molecule has 0 aliphatic carbocycles. The van der Waals surface area contributed by atoms with Crippen molar-refractivity contribution in [3.8, 4) is 0 Å². The van der Waals surface area contributed by atoms with Gasteiger partial charge in [-0.2, -0.15) is 0 Å². The van der Waals surface area contributed by atoms with Gasteiger partial charge in [0.2, 0.25) is 11.8 Å². The van der Waals surface area contributed by atoms with E-state index in [0.717, 1.165) is 24.7 Å². The monoisotopic (exact) mass is 223 g/mol. The van der Waals surface area contributed by atoms with Crippen molar-refractivity contribution in [3.05, 3.63) is 11.8 Å². The summed E-state index contributed by atoms with van der Waals surface area (Å²) in [6, 6.07) is 0. The Morgan fingerprint density at radius 1 is 1.00 bits per heavy atom. The molecule has 2 heterocycles.